The number of nitrogens with one attached hydrogen (secondary N) is 1. The molecular formula is C17H18N6O3S2. The molecule has 0 radical (unpaired) electrons. The molecule has 28 heavy (non-hydrogen) atoms. The molecule has 0 spiro atoms. The van der Waals surface area contributed by atoms with E-state index < -0.39 is 15.3 Å². The van der Waals surface area contributed by atoms with Gasteiger partial charge in [-0.15, -0.1) is 5.10 Å². The van der Waals surface area contributed by atoms with E-state index in [0.29, 0.717) is 10.8 Å². The van der Waals surface area contributed by atoms with E-state index in [2.05, 4.69) is 20.8 Å². The molecule has 9 nitrogen and oxygen atoms in total. The molecule has 0 aliphatic heterocycles. The van der Waals surface area contributed by atoms with Crippen LogP contribution in [0.3, 0.4) is 0 Å². The smallest absolute Gasteiger partial charge is 0.238 e. The van der Waals surface area contributed by atoms with Crippen LogP contribution in [0.2, 0.25) is 0 Å². The number of aryl methyl sites for hydroxylation is 1. The lowest BCUT2D eigenvalue weighted by Gasteiger charge is -2.12. The predicted octanol–water partition coefficient (Wildman–Crippen LogP) is 1.74. The maximum Gasteiger partial charge on any atom is 0.238 e. The van der Waals surface area contributed by atoms with Crippen LogP contribution in [0.4, 0.5) is 5.69 Å². The van der Waals surface area contributed by atoms with E-state index in [1.807, 2.05) is 31.2 Å². The van der Waals surface area contributed by atoms with E-state index in [0.717, 1.165) is 11.3 Å². The van der Waals surface area contributed by atoms with Gasteiger partial charge in [0.2, 0.25) is 21.1 Å². The second kappa shape index (κ2) is 8.09. The van der Waals surface area contributed by atoms with Crippen molar-refractivity contribution in [1.29, 1.82) is 0 Å². The van der Waals surface area contributed by atoms with Gasteiger partial charge in [0.05, 0.1) is 15.8 Å². The van der Waals surface area contributed by atoms with E-state index in [9.17, 15) is 13.2 Å². The van der Waals surface area contributed by atoms with Gasteiger partial charge in [0.25, 0.3) is 0 Å². The van der Waals surface area contributed by atoms with Gasteiger partial charge >= 0.3 is 0 Å². The first-order chi connectivity index (χ1) is 13.2. The highest BCUT2D eigenvalue weighted by atomic mass is 32.2. The molecule has 1 unspecified atom stereocenters. The van der Waals surface area contributed by atoms with Gasteiger partial charge < -0.3 is 5.32 Å². The molecule has 3 N–H and O–H groups in total. The van der Waals surface area contributed by atoms with Crippen LogP contribution < -0.4 is 10.5 Å². The fraction of sp³-hybridized carbons (Fsp3) is 0.176. The Bertz CT molecular complexity index is 1100. The molecule has 0 aliphatic rings. The maximum absolute atomic E-state index is 12.5. The van der Waals surface area contributed by atoms with Crippen molar-refractivity contribution >= 4 is 33.4 Å². The fourth-order valence-corrected chi connectivity index (χ4v) is 3.68. The number of amides is 1. The zero-order chi connectivity index (χ0) is 20.3. The van der Waals surface area contributed by atoms with Crippen LogP contribution in [0.25, 0.3) is 5.69 Å². The average molecular weight is 419 g/mol. The quantitative estimate of drug-likeness (QED) is 0.583. The zero-order valence-corrected chi connectivity index (χ0v) is 16.7. The van der Waals surface area contributed by atoms with Crippen LogP contribution in [-0.2, 0) is 14.8 Å². The highest BCUT2D eigenvalue weighted by molar-refractivity contribution is 8.00. The standard InChI is InChI=1S/C17H18N6O3S2/c1-11-4-3-5-14(10-11)23-17(20-21-22-23)27-12(2)16(24)19-13-6-8-15(9-7-13)28(18,25)26/h3-10,12H,1-2H3,(H,19,24)(H2,18,25,26). The SMILES string of the molecule is Cc1cccc(-n2nnnc2SC(C)C(=O)Nc2ccc(S(N)(=O)=O)cc2)c1. The number of rotatable bonds is 6. The number of anilines is 1. The van der Waals surface area contributed by atoms with E-state index >= 15 is 0 Å². The molecule has 1 heterocycles. The Balaban J connectivity index is 1.69. The molecule has 0 saturated carbocycles. The lowest BCUT2D eigenvalue weighted by molar-refractivity contribution is -0.115. The summed E-state index contributed by atoms with van der Waals surface area (Å²) in [5.41, 5.74) is 2.33. The molecule has 3 rings (SSSR count). The summed E-state index contributed by atoms with van der Waals surface area (Å²) in [4.78, 5) is 12.4. The normalized spacial score (nSPS) is 12.5. The molecule has 146 valence electrons. The van der Waals surface area contributed by atoms with E-state index in [1.54, 1.807) is 11.6 Å². The predicted molar refractivity (Wildman–Crippen MR) is 106 cm³/mol. The minimum Gasteiger partial charge on any atom is -0.325 e. The lowest BCUT2D eigenvalue weighted by atomic mass is 10.2. The number of hydrogen-bond donors (Lipinski definition) is 2. The topological polar surface area (TPSA) is 133 Å². The number of sulfonamides is 1. The first kappa shape index (κ1) is 20.0. The number of thioether (sulfide) groups is 1. The van der Waals surface area contributed by atoms with Crippen molar-refractivity contribution in [2.75, 3.05) is 5.32 Å². The molecule has 2 aromatic carbocycles. The number of carbonyl (C=O) groups excluding carboxylic acids is 1. The first-order valence-corrected chi connectivity index (χ1v) is 10.6. The average Bonchev–Trinajstić information content (AvgIpc) is 3.09. The van der Waals surface area contributed by atoms with Crippen LogP contribution in [0, 0.1) is 6.92 Å². The van der Waals surface area contributed by atoms with Gasteiger partial charge in [0, 0.05) is 5.69 Å². The van der Waals surface area contributed by atoms with Crippen molar-refractivity contribution in [2.45, 2.75) is 29.1 Å². The number of benzene rings is 2. The van der Waals surface area contributed by atoms with Gasteiger partial charge in [-0.25, -0.2) is 13.6 Å². The Labute approximate surface area is 166 Å². The number of tetrazole rings is 1. The number of nitrogens with zero attached hydrogens (tertiary/aromatic N) is 4. The Morgan fingerprint density at radius 1 is 1.21 bits per heavy atom. The first-order valence-electron chi connectivity index (χ1n) is 8.20. The second-order valence-electron chi connectivity index (χ2n) is 6.03. The lowest BCUT2D eigenvalue weighted by Crippen LogP contribution is -2.23. The highest BCUT2D eigenvalue weighted by Crippen LogP contribution is 2.24. The van der Waals surface area contributed by atoms with Crippen molar-refractivity contribution in [3.05, 3.63) is 54.1 Å². The molecule has 1 atom stereocenters. The van der Waals surface area contributed by atoms with E-state index in [-0.39, 0.29) is 10.8 Å². The largest absolute Gasteiger partial charge is 0.325 e. The molecule has 0 bridgehead atoms. The monoisotopic (exact) mass is 418 g/mol. The van der Waals surface area contributed by atoms with Crippen molar-refractivity contribution in [3.8, 4) is 5.69 Å². The van der Waals surface area contributed by atoms with Crippen LogP contribution in [-0.4, -0.2) is 39.8 Å². The maximum atomic E-state index is 12.5. The Hall–Kier alpha value is -2.76. The molecule has 0 fully saturated rings. The van der Waals surface area contributed by atoms with Crippen molar-refractivity contribution in [1.82, 2.24) is 20.2 Å². The highest BCUT2D eigenvalue weighted by Gasteiger charge is 2.19. The summed E-state index contributed by atoms with van der Waals surface area (Å²) in [6, 6.07) is 13.3. The van der Waals surface area contributed by atoms with E-state index in [1.165, 1.54) is 36.0 Å². The summed E-state index contributed by atoms with van der Waals surface area (Å²) < 4.78 is 24.1. The fourth-order valence-electron chi connectivity index (χ4n) is 2.36. The van der Waals surface area contributed by atoms with Crippen molar-refractivity contribution in [2.24, 2.45) is 5.14 Å². The van der Waals surface area contributed by atoms with Gasteiger partial charge in [-0.3, -0.25) is 4.79 Å². The van der Waals surface area contributed by atoms with Crippen LogP contribution >= 0.6 is 11.8 Å². The van der Waals surface area contributed by atoms with Gasteiger partial charge in [-0.05, 0) is 66.2 Å². The molecule has 0 aliphatic carbocycles. The molecular weight excluding hydrogens is 400 g/mol. The summed E-state index contributed by atoms with van der Waals surface area (Å²) in [7, 11) is -3.77. The Kier molecular flexibility index (Phi) is 5.77. The van der Waals surface area contributed by atoms with Crippen LogP contribution in [0.1, 0.15) is 12.5 Å². The third-order valence-corrected chi connectivity index (χ3v) is 5.75. The van der Waals surface area contributed by atoms with Crippen LogP contribution in [0.15, 0.2) is 58.6 Å². The second-order valence-corrected chi connectivity index (χ2v) is 8.90. The molecule has 1 aromatic heterocycles. The van der Waals surface area contributed by atoms with Crippen molar-refractivity contribution < 1.29 is 13.2 Å². The summed E-state index contributed by atoms with van der Waals surface area (Å²) in [5, 5.41) is 19.5. The molecule has 0 saturated heterocycles. The summed E-state index contributed by atoms with van der Waals surface area (Å²) in [6.07, 6.45) is 0. The van der Waals surface area contributed by atoms with Gasteiger partial charge in [-0.1, -0.05) is 23.9 Å². The number of primary sulfonamides is 1. The Morgan fingerprint density at radius 3 is 2.57 bits per heavy atom. The summed E-state index contributed by atoms with van der Waals surface area (Å²) in [6.45, 7) is 3.70. The summed E-state index contributed by atoms with van der Waals surface area (Å²) >= 11 is 1.21. The van der Waals surface area contributed by atoms with Crippen molar-refractivity contribution in [3.63, 3.8) is 0 Å². The van der Waals surface area contributed by atoms with E-state index in [4.69, 9.17) is 5.14 Å². The van der Waals surface area contributed by atoms with Gasteiger partial charge in [0.15, 0.2) is 0 Å². The van der Waals surface area contributed by atoms with Crippen LogP contribution in [0.5, 0.6) is 0 Å². The molecule has 11 heteroatoms. The summed E-state index contributed by atoms with van der Waals surface area (Å²) in [5.74, 6) is -0.271. The number of aromatic nitrogens is 4. The number of nitrogens with two attached hydrogens (primary N) is 1. The zero-order valence-electron chi connectivity index (χ0n) is 15.1. The third kappa shape index (κ3) is 4.74. The molecule has 3 aromatic rings. The number of hydrogen-bond acceptors (Lipinski definition) is 7. The Morgan fingerprint density at radius 2 is 1.93 bits per heavy atom. The molecule has 1 amide bonds. The van der Waals surface area contributed by atoms with Gasteiger partial charge in [0.1, 0.15) is 0 Å². The van der Waals surface area contributed by atoms with Gasteiger partial charge in [-0.2, -0.15) is 4.68 Å². The third-order valence-electron chi connectivity index (χ3n) is 3.79. The minimum absolute atomic E-state index is 0.0229. The number of carbonyl (C=O) groups is 1. The minimum atomic E-state index is -3.77.